The molecule has 3 N–H and O–H groups in total. The van der Waals surface area contributed by atoms with Crippen LogP contribution in [0.15, 0.2) is 0 Å². The van der Waals surface area contributed by atoms with E-state index < -0.39 is 24.0 Å². The molecule has 3 unspecified atom stereocenters. The highest BCUT2D eigenvalue weighted by Crippen LogP contribution is 2.64. The Morgan fingerprint density at radius 1 is 1.03 bits per heavy atom. The molecule has 0 spiro atoms. The van der Waals surface area contributed by atoms with Crippen LogP contribution in [-0.4, -0.2) is 51.4 Å². The predicted octanol–water partition coefficient (Wildman–Crippen LogP) is 4.51. The Balaban J connectivity index is 1.54. The SMILES string of the molecule is CC([C@@H](O)[C@H](C)[C@@H](C)C(C)(C)F)[C@H]1CC[C@H]2[C@@H]3CC(=O)OC4C[C@H](O)[C@H](O)CC4[C@H]3CC[C@]12C. The molecule has 0 radical (unpaired) electrons. The van der Waals surface area contributed by atoms with E-state index in [1.54, 1.807) is 13.8 Å². The first-order valence-corrected chi connectivity index (χ1v) is 13.7. The van der Waals surface area contributed by atoms with Gasteiger partial charge in [0.2, 0.25) is 0 Å². The van der Waals surface area contributed by atoms with Crippen LogP contribution in [0.1, 0.15) is 86.5 Å². The van der Waals surface area contributed by atoms with Gasteiger partial charge < -0.3 is 20.1 Å². The molecule has 0 bridgehead atoms. The zero-order chi connectivity index (χ0) is 25.2. The lowest BCUT2D eigenvalue weighted by atomic mass is 9.52. The lowest BCUT2D eigenvalue weighted by Gasteiger charge is -2.52. The van der Waals surface area contributed by atoms with E-state index in [2.05, 4.69) is 13.8 Å². The number of hydrogen-bond donors (Lipinski definition) is 3. The highest BCUT2D eigenvalue weighted by Gasteiger charge is 2.59. The van der Waals surface area contributed by atoms with Gasteiger partial charge in [-0.05, 0) is 92.8 Å². The van der Waals surface area contributed by atoms with Crippen LogP contribution in [0.5, 0.6) is 0 Å². The topological polar surface area (TPSA) is 87.0 Å². The summed E-state index contributed by atoms with van der Waals surface area (Å²) in [5.74, 6) is 0.870. The third kappa shape index (κ3) is 4.45. The average Bonchev–Trinajstić information content (AvgIpc) is 3.04. The Morgan fingerprint density at radius 3 is 2.32 bits per heavy atom. The molecule has 4 aliphatic rings. The normalized spacial score (nSPS) is 46.2. The number of rotatable bonds is 5. The Bertz CT molecular complexity index is 752. The Labute approximate surface area is 204 Å². The van der Waals surface area contributed by atoms with Crippen LogP contribution in [-0.2, 0) is 9.53 Å². The minimum atomic E-state index is -1.34. The predicted molar refractivity (Wildman–Crippen MR) is 128 cm³/mol. The van der Waals surface area contributed by atoms with Gasteiger partial charge in [-0.1, -0.05) is 27.7 Å². The van der Waals surface area contributed by atoms with Gasteiger partial charge in [-0.15, -0.1) is 0 Å². The van der Waals surface area contributed by atoms with E-state index >= 15 is 0 Å². The minimum Gasteiger partial charge on any atom is -0.462 e. The molecular weight excluding hydrogens is 435 g/mol. The van der Waals surface area contributed by atoms with Crippen molar-refractivity contribution >= 4 is 5.97 Å². The summed E-state index contributed by atoms with van der Waals surface area (Å²) >= 11 is 0. The summed E-state index contributed by atoms with van der Waals surface area (Å²) < 4.78 is 20.5. The molecule has 5 nitrogen and oxygen atoms in total. The molecule has 13 atom stereocenters. The van der Waals surface area contributed by atoms with Crippen molar-refractivity contribution in [2.75, 3.05) is 0 Å². The summed E-state index contributed by atoms with van der Waals surface area (Å²) in [6.07, 6.45) is 2.88. The zero-order valence-corrected chi connectivity index (χ0v) is 21.9. The second kappa shape index (κ2) is 9.30. The van der Waals surface area contributed by atoms with Gasteiger partial charge in [0.1, 0.15) is 11.8 Å². The van der Waals surface area contributed by atoms with Crippen molar-refractivity contribution in [1.29, 1.82) is 0 Å². The molecule has 0 aromatic carbocycles. The number of fused-ring (bicyclic) bond motifs is 5. The molecule has 4 rings (SSSR count). The second-order valence-electron chi connectivity index (χ2n) is 13.2. The van der Waals surface area contributed by atoms with Crippen molar-refractivity contribution in [3.05, 3.63) is 0 Å². The molecule has 196 valence electrons. The zero-order valence-electron chi connectivity index (χ0n) is 21.9. The first kappa shape index (κ1) is 26.3. The summed E-state index contributed by atoms with van der Waals surface area (Å²) in [5.41, 5.74) is -1.31. The second-order valence-corrected chi connectivity index (χ2v) is 13.2. The molecule has 4 fully saturated rings. The van der Waals surface area contributed by atoms with E-state index in [9.17, 15) is 24.5 Å². The lowest BCUT2D eigenvalue weighted by Crippen LogP contribution is -2.50. The molecule has 6 heteroatoms. The number of hydrogen-bond acceptors (Lipinski definition) is 5. The fourth-order valence-corrected chi connectivity index (χ4v) is 8.84. The number of carbonyl (C=O) groups is 1. The first-order valence-electron chi connectivity index (χ1n) is 13.7. The van der Waals surface area contributed by atoms with Gasteiger partial charge in [-0.3, -0.25) is 4.79 Å². The number of ether oxygens (including phenoxy) is 1. The maximum absolute atomic E-state index is 14.6. The van der Waals surface area contributed by atoms with E-state index in [4.69, 9.17) is 4.74 Å². The van der Waals surface area contributed by atoms with Gasteiger partial charge in [0.15, 0.2) is 0 Å². The number of aliphatic hydroxyl groups excluding tert-OH is 3. The summed E-state index contributed by atoms with van der Waals surface area (Å²) in [5, 5.41) is 31.9. The average molecular weight is 483 g/mol. The van der Waals surface area contributed by atoms with Gasteiger partial charge in [0, 0.05) is 18.8 Å². The number of alkyl halides is 1. The standard InChI is InChI=1S/C28H47FO5/c1-14(16(3)27(4,5)29)26(33)15(2)20-7-8-21-18-12-25(32)34-24-13-23(31)22(30)11-19(24)17(18)9-10-28(20,21)6/h14-24,26,30-31,33H,7-13H2,1-6H3/t14-,15?,16-,17+,18-,19?,20-,21+,22-,23+,24?,26+,28-/m1/s1. The maximum atomic E-state index is 14.6. The summed E-state index contributed by atoms with van der Waals surface area (Å²) in [6.45, 7) is 11.6. The largest absolute Gasteiger partial charge is 0.462 e. The number of esters is 1. The molecule has 1 saturated heterocycles. The van der Waals surface area contributed by atoms with Crippen LogP contribution in [0.2, 0.25) is 0 Å². The van der Waals surface area contributed by atoms with Crippen LogP contribution < -0.4 is 0 Å². The lowest BCUT2D eigenvalue weighted by molar-refractivity contribution is -0.159. The first-order chi connectivity index (χ1) is 15.8. The molecule has 0 aromatic rings. The highest BCUT2D eigenvalue weighted by atomic mass is 19.1. The number of aliphatic hydroxyl groups is 3. The molecule has 1 heterocycles. The quantitative estimate of drug-likeness (QED) is 0.502. The smallest absolute Gasteiger partial charge is 0.306 e. The van der Waals surface area contributed by atoms with E-state index in [1.807, 2.05) is 13.8 Å². The van der Waals surface area contributed by atoms with Crippen LogP contribution >= 0.6 is 0 Å². The summed E-state index contributed by atoms with van der Waals surface area (Å²) in [4.78, 5) is 12.8. The number of halogens is 1. The van der Waals surface area contributed by atoms with Crippen molar-refractivity contribution in [3.63, 3.8) is 0 Å². The Morgan fingerprint density at radius 2 is 1.68 bits per heavy atom. The third-order valence-corrected chi connectivity index (χ3v) is 11.3. The van der Waals surface area contributed by atoms with Gasteiger partial charge in [-0.2, -0.15) is 0 Å². The van der Waals surface area contributed by atoms with Gasteiger partial charge in [-0.25, -0.2) is 4.39 Å². The molecule has 1 aliphatic heterocycles. The number of carbonyl (C=O) groups excluding carboxylic acids is 1. The summed E-state index contributed by atoms with van der Waals surface area (Å²) in [6, 6.07) is 0. The monoisotopic (exact) mass is 482 g/mol. The highest BCUT2D eigenvalue weighted by molar-refractivity contribution is 5.70. The van der Waals surface area contributed by atoms with Crippen molar-refractivity contribution in [3.8, 4) is 0 Å². The van der Waals surface area contributed by atoms with Gasteiger partial charge in [0.25, 0.3) is 0 Å². The minimum absolute atomic E-state index is 0.0304. The van der Waals surface area contributed by atoms with Crippen molar-refractivity contribution < 1.29 is 29.2 Å². The van der Waals surface area contributed by atoms with Crippen molar-refractivity contribution in [2.45, 2.75) is 117 Å². The van der Waals surface area contributed by atoms with Crippen LogP contribution in [0.25, 0.3) is 0 Å². The van der Waals surface area contributed by atoms with E-state index in [-0.39, 0.29) is 47.1 Å². The Hall–Kier alpha value is -0.720. The van der Waals surface area contributed by atoms with E-state index in [1.165, 1.54) is 0 Å². The summed E-state index contributed by atoms with van der Waals surface area (Å²) in [7, 11) is 0. The molecule has 3 aliphatic carbocycles. The molecule has 0 amide bonds. The van der Waals surface area contributed by atoms with Crippen LogP contribution in [0.4, 0.5) is 4.39 Å². The molecule has 34 heavy (non-hydrogen) atoms. The fraction of sp³-hybridized carbons (Fsp3) is 0.964. The van der Waals surface area contributed by atoms with Gasteiger partial charge in [0.05, 0.1) is 18.3 Å². The van der Waals surface area contributed by atoms with Crippen LogP contribution in [0.3, 0.4) is 0 Å². The molecule has 3 saturated carbocycles. The molecule has 0 aromatic heterocycles. The Kier molecular flexibility index (Phi) is 7.21. The van der Waals surface area contributed by atoms with Crippen molar-refractivity contribution in [1.82, 2.24) is 0 Å². The fourth-order valence-electron chi connectivity index (χ4n) is 8.84. The van der Waals surface area contributed by atoms with Gasteiger partial charge >= 0.3 is 5.97 Å². The van der Waals surface area contributed by atoms with Crippen LogP contribution in [0, 0.1) is 52.8 Å². The van der Waals surface area contributed by atoms with E-state index in [0.29, 0.717) is 37.0 Å². The maximum Gasteiger partial charge on any atom is 0.306 e. The molecular formula is C28H47FO5. The van der Waals surface area contributed by atoms with E-state index in [0.717, 1.165) is 25.7 Å². The third-order valence-electron chi connectivity index (χ3n) is 11.3. The van der Waals surface area contributed by atoms with Crippen molar-refractivity contribution in [2.24, 2.45) is 52.8 Å².